The molecular weight excluding hydrogens is 194 g/mol. The van der Waals surface area contributed by atoms with Crippen LogP contribution in [0.15, 0.2) is 5.38 Å². The van der Waals surface area contributed by atoms with Gasteiger partial charge in [-0.15, -0.1) is 11.3 Å². The van der Waals surface area contributed by atoms with Crippen LogP contribution in [0.25, 0.3) is 0 Å². The summed E-state index contributed by atoms with van der Waals surface area (Å²) in [6.45, 7) is 4.89. The fourth-order valence-electron chi connectivity index (χ4n) is 1.70. The molecule has 14 heavy (non-hydrogen) atoms. The predicted molar refractivity (Wildman–Crippen MR) is 60.7 cm³/mol. The SMILES string of the molecule is Cc1csc(NC(C)(CN)C2CC2)n1. The largest absolute Gasteiger partial charge is 0.355 e. The number of hydrogen-bond donors (Lipinski definition) is 2. The van der Waals surface area contributed by atoms with E-state index in [1.807, 2.05) is 6.92 Å². The molecule has 1 fully saturated rings. The average Bonchev–Trinajstić information content (AvgIpc) is 2.93. The molecule has 78 valence electrons. The van der Waals surface area contributed by atoms with Crippen LogP contribution < -0.4 is 11.1 Å². The van der Waals surface area contributed by atoms with Gasteiger partial charge in [0.2, 0.25) is 0 Å². The number of nitrogens with two attached hydrogens (primary N) is 1. The van der Waals surface area contributed by atoms with Crippen LogP contribution in [-0.4, -0.2) is 17.1 Å². The lowest BCUT2D eigenvalue weighted by Crippen LogP contribution is -2.44. The molecule has 1 heterocycles. The summed E-state index contributed by atoms with van der Waals surface area (Å²) >= 11 is 1.66. The van der Waals surface area contributed by atoms with E-state index >= 15 is 0 Å². The van der Waals surface area contributed by atoms with E-state index in [9.17, 15) is 0 Å². The minimum atomic E-state index is 0.0459. The summed E-state index contributed by atoms with van der Waals surface area (Å²) in [5.74, 6) is 0.733. The molecule has 0 aromatic carbocycles. The first kappa shape index (κ1) is 9.93. The van der Waals surface area contributed by atoms with Crippen molar-refractivity contribution in [2.24, 2.45) is 11.7 Å². The lowest BCUT2D eigenvalue weighted by atomic mass is 9.96. The van der Waals surface area contributed by atoms with Gasteiger partial charge in [0.25, 0.3) is 0 Å². The Kier molecular flexibility index (Phi) is 2.49. The van der Waals surface area contributed by atoms with Crippen molar-refractivity contribution >= 4 is 16.5 Å². The van der Waals surface area contributed by atoms with Gasteiger partial charge in [-0.1, -0.05) is 0 Å². The molecule has 0 radical (unpaired) electrons. The van der Waals surface area contributed by atoms with Crippen molar-refractivity contribution in [3.8, 4) is 0 Å². The highest BCUT2D eigenvalue weighted by Gasteiger charge is 2.40. The Hall–Kier alpha value is -0.610. The van der Waals surface area contributed by atoms with Gasteiger partial charge in [0.05, 0.1) is 11.2 Å². The number of aryl methyl sites for hydroxylation is 1. The molecule has 0 bridgehead atoms. The molecular formula is C10H17N3S. The Balaban J connectivity index is 2.07. The number of rotatable bonds is 4. The third-order valence-corrected chi connectivity index (χ3v) is 3.79. The van der Waals surface area contributed by atoms with Crippen molar-refractivity contribution in [1.29, 1.82) is 0 Å². The van der Waals surface area contributed by atoms with Crippen molar-refractivity contribution in [2.45, 2.75) is 32.2 Å². The van der Waals surface area contributed by atoms with Gasteiger partial charge in [0, 0.05) is 11.9 Å². The topological polar surface area (TPSA) is 50.9 Å². The Morgan fingerprint density at radius 3 is 2.86 bits per heavy atom. The summed E-state index contributed by atoms with van der Waals surface area (Å²) in [7, 11) is 0. The summed E-state index contributed by atoms with van der Waals surface area (Å²) in [6, 6.07) is 0. The second-order valence-electron chi connectivity index (χ2n) is 4.31. The Morgan fingerprint density at radius 1 is 1.71 bits per heavy atom. The zero-order chi connectivity index (χ0) is 10.2. The van der Waals surface area contributed by atoms with Crippen LogP contribution in [0, 0.1) is 12.8 Å². The van der Waals surface area contributed by atoms with Gasteiger partial charge in [0.1, 0.15) is 0 Å². The van der Waals surface area contributed by atoms with E-state index in [4.69, 9.17) is 5.73 Å². The second-order valence-corrected chi connectivity index (χ2v) is 5.17. The van der Waals surface area contributed by atoms with Crippen molar-refractivity contribution < 1.29 is 0 Å². The average molecular weight is 211 g/mol. The van der Waals surface area contributed by atoms with Gasteiger partial charge in [-0.2, -0.15) is 0 Å². The normalized spacial score (nSPS) is 20.5. The summed E-state index contributed by atoms with van der Waals surface area (Å²) < 4.78 is 0. The van der Waals surface area contributed by atoms with Crippen molar-refractivity contribution in [3.05, 3.63) is 11.1 Å². The van der Waals surface area contributed by atoms with E-state index < -0.39 is 0 Å². The molecule has 2 rings (SSSR count). The summed E-state index contributed by atoms with van der Waals surface area (Å²) in [4.78, 5) is 4.41. The van der Waals surface area contributed by atoms with Crippen molar-refractivity contribution in [1.82, 2.24) is 4.98 Å². The summed E-state index contributed by atoms with van der Waals surface area (Å²) in [6.07, 6.45) is 2.59. The first-order chi connectivity index (χ1) is 6.64. The Morgan fingerprint density at radius 2 is 2.43 bits per heavy atom. The molecule has 1 aromatic heterocycles. The molecule has 1 unspecified atom stereocenters. The van der Waals surface area contributed by atoms with Gasteiger partial charge < -0.3 is 11.1 Å². The van der Waals surface area contributed by atoms with Crippen molar-refractivity contribution in [3.63, 3.8) is 0 Å². The molecule has 0 saturated heterocycles. The lowest BCUT2D eigenvalue weighted by Gasteiger charge is -2.29. The van der Waals surface area contributed by atoms with E-state index in [0.29, 0.717) is 6.54 Å². The van der Waals surface area contributed by atoms with Crippen LogP contribution in [0.2, 0.25) is 0 Å². The van der Waals surface area contributed by atoms with Crippen LogP contribution in [0.4, 0.5) is 5.13 Å². The second kappa shape index (κ2) is 3.51. The van der Waals surface area contributed by atoms with Gasteiger partial charge in [-0.25, -0.2) is 4.98 Å². The maximum atomic E-state index is 5.82. The molecule has 0 aliphatic heterocycles. The van der Waals surface area contributed by atoms with Crippen molar-refractivity contribution in [2.75, 3.05) is 11.9 Å². The number of aromatic nitrogens is 1. The van der Waals surface area contributed by atoms with Gasteiger partial charge in [-0.3, -0.25) is 0 Å². The summed E-state index contributed by atoms with van der Waals surface area (Å²) in [5, 5.41) is 6.53. The predicted octanol–water partition coefficient (Wildman–Crippen LogP) is 1.99. The third-order valence-electron chi connectivity index (χ3n) is 2.91. The standard InChI is InChI=1S/C10H17N3S/c1-7-5-14-9(12-7)13-10(2,6-11)8-3-4-8/h5,8H,3-4,6,11H2,1-2H3,(H,12,13). The highest BCUT2D eigenvalue weighted by atomic mass is 32.1. The van der Waals surface area contributed by atoms with E-state index in [1.54, 1.807) is 11.3 Å². The molecule has 1 aliphatic rings. The first-order valence-electron chi connectivity index (χ1n) is 5.04. The highest BCUT2D eigenvalue weighted by Crippen LogP contribution is 2.41. The van der Waals surface area contributed by atoms with Crippen LogP contribution >= 0.6 is 11.3 Å². The van der Waals surface area contributed by atoms with Crippen LogP contribution in [-0.2, 0) is 0 Å². The van der Waals surface area contributed by atoms with E-state index in [2.05, 4.69) is 22.6 Å². The fourth-order valence-corrected chi connectivity index (χ4v) is 2.52. The van der Waals surface area contributed by atoms with Gasteiger partial charge >= 0.3 is 0 Å². The zero-order valence-electron chi connectivity index (χ0n) is 8.71. The molecule has 4 heteroatoms. The van der Waals surface area contributed by atoms with Crippen LogP contribution in [0.1, 0.15) is 25.5 Å². The molecule has 1 aliphatic carbocycles. The van der Waals surface area contributed by atoms with Crippen LogP contribution in [0.3, 0.4) is 0 Å². The minimum absolute atomic E-state index is 0.0459. The molecule has 1 saturated carbocycles. The number of nitrogens with one attached hydrogen (secondary N) is 1. The molecule has 0 spiro atoms. The van der Waals surface area contributed by atoms with Gasteiger partial charge in [0.15, 0.2) is 5.13 Å². The smallest absolute Gasteiger partial charge is 0.183 e. The molecule has 0 amide bonds. The molecule has 1 atom stereocenters. The van der Waals surface area contributed by atoms with Gasteiger partial charge in [-0.05, 0) is 32.6 Å². The molecule has 3 nitrogen and oxygen atoms in total. The Labute approximate surface area is 88.7 Å². The van der Waals surface area contributed by atoms with E-state index in [1.165, 1.54) is 12.8 Å². The fraction of sp³-hybridized carbons (Fsp3) is 0.700. The maximum Gasteiger partial charge on any atom is 0.183 e. The highest BCUT2D eigenvalue weighted by molar-refractivity contribution is 7.13. The third kappa shape index (κ3) is 1.91. The van der Waals surface area contributed by atoms with E-state index in [0.717, 1.165) is 16.7 Å². The maximum absolute atomic E-state index is 5.82. The number of anilines is 1. The quantitative estimate of drug-likeness (QED) is 0.801. The van der Waals surface area contributed by atoms with E-state index in [-0.39, 0.29) is 5.54 Å². The first-order valence-corrected chi connectivity index (χ1v) is 5.92. The number of nitrogens with zero attached hydrogens (tertiary/aromatic N) is 1. The number of thiazole rings is 1. The lowest BCUT2D eigenvalue weighted by molar-refractivity contribution is 0.459. The monoisotopic (exact) mass is 211 g/mol. The zero-order valence-corrected chi connectivity index (χ0v) is 9.53. The Bertz CT molecular complexity index is 319. The minimum Gasteiger partial charge on any atom is -0.355 e. The molecule has 1 aromatic rings. The summed E-state index contributed by atoms with van der Waals surface area (Å²) in [5.41, 5.74) is 6.94. The van der Waals surface area contributed by atoms with Crippen LogP contribution in [0.5, 0.6) is 0 Å². The number of hydrogen-bond acceptors (Lipinski definition) is 4. The molecule has 3 N–H and O–H groups in total.